The fraction of sp³-hybridized carbons (Fsp3) is 1.00. The topological polar surface area (TPSA) is 9.23 Å². The zero-order chi connectivity index (χ0) is 14.9. The standard InChI is InChI=1S/C14H21F5O/c1-7-2-3-9(10(15)4-7)8-5-11(16)13(12(17)6-8)20-14(18)19/h7-14H,2-6H2,1H3. The number of hydrogen-bond acceptors (Lipinski definition) is 1. The SMILES string of the molecule is CC1CCC(C2CC(F)C(OC(F)F)C(F)C2)C(F)C1. The lowest BCUT2D eigenvalue weighted by Gasteiger charge is -2.41. The Labute approximate surface area is 115 Å². The lowest BCUT2D eigenvalue weighted by atomic mass is 9.69. The van der Waals surface area contributed by atoms with E-state index in [1.54, 1.807) is 0 Å². The van der Waals surface area contributed by atoms with Crippen LogP contribution < -0.4 is 0 Å². The third-order valence-corrected chi connectivity index (χ3v) is 4.72. The van der Waals surface area contributed by atoms with Crippen molar-refractivity contribution in [2.45, 2.75) is 70.3 Å². The molecule has 2 saturated carbocycles. The molecule has 0 amide bonds. The van der Waals surface area contributed by atoms with Crippen LogP contribution in [0, 0.1) is 17.8 Å². The second-order valence-electron chi connectivity index (χ2n) is 6.22. The molecule has 2 aliphatic rings. The highest BCUT2D eigenvalue weighted by Gasteiger charge is 2.45. The summed E-state index contributed by atoms with van der Waals surface area (Å²) in [4.78, 5) is 0. The Bertz CT molecular complexity index is 302. The number of alkyl halides is 5. The van der Waals surface area contributed by atoms with Crippen LogP contribution in [0.5, 0.6) is 0 Å². The summed E-state index contributed by atoms with van der Waals surface area (Å²) in [7, 11) is 0. The molecule has 20 heavy (non-hydrogen) atoms. The van der Waals surface area contributed by atoms with E-state index in [1.807, 2.05) is 6.92 Å². The molecule has 5 atom stereocenters. The van der Waals surface area contributed by atoms with Gasteiger partial charge < -0.3 is 4.74 Å². The minimum absolute atomic E-state index is 0.0860. The fourth-order valence-corrected chi connectivity index (χ4v) is 3.67. The predicted molar refractivity (Wildman–Crippen MR) is 64.8 cm³/mol. The zero-order valence-corrected chi connectivity index (χ0v) is 11.5. The average molecular weight is 300 g/mol. The minimum Gasteiger partial charge on any atom is -0.313 e. The van der Waals surface area contributed by atoms with E-state index < -0.39 is 37.1 Å². The van der Waals surface area contributed by atoms with E-state index >= 15 is 0 Å². The first-order chi connectivity index (χ1) is 9.38. The third-order valence-electron chi connectivity index (χ3n) is 4.72. The molecule has 5 unspecified atom stereocenters. The third kappa shape index (κ3) is 3.62. The molecule has 0 aromatic carbocycles. The minimum atomic E-state index is -3.18. The fourth-order valence-electron chi connectivity index (χ4n) is 3.67. The molecule has 1 nitrogen and oxygen atoms in total. The molecule has 0 aromatic rings. The van der Waals surface area contributed by atoms with E-state index in [-0.39, 0.29) is 18.8 Å². The second kappa shape index (κ2) is 6.58. The number of ether oxygens (including phenoxy) is 1. The molecule has 0 radical (unpaired) electrons. The van der Waals surface area contributed by atoms with Gasteiger partial charge >= 0.3 is 6.61 Å². The number of hydrogen-bond donors (Lipinski definition) is 0. The maximum Gasteiger partial charge on any atom is 0.345 e. The van der Waals surface area contributed by atoms with Crippen molar-refractivity contribution in [2.75, 3.05) is 0 Å². The van der Waals surface area contributed by atoms with Crippen molar-refractivity contribution in [1.82, 2.24) is 0 Å². The van der Waals surface area contributed by atoms with Gasteiger partial charge in [-0.05, 0) is 43.4 Å². The highest BCUT2D eigenvalue weighted by molar-refractivity contribution is 4.93. The van der Waals surface area contributed by atoms with E-state index in [0.717, 1.165) is 6.42 Å². The van der Waals surface area contributed by atoms with Gasteiger partial charge in [0.15, 0.2) is 0 Å². The van der Waals surface area contributed by atoms with Gasteiger partial charge in [-0.15, -0.1) is 0 Å². The van der Waals surface area contributed by atoms with Gasteiger partial charge in [0.25, 0.3) is 0 Å². The molecule has 0 bridgehead atoms. The van der Waals surface area contributed by atoms with Crippen LogP contribution in [0.15, 0.2) is 0 Å². The summed E-state index contributed by atoms with van der Waals surface area (Å²) in [6, 6.07) is 0. The molecule has 0 heterocycles. The Morgan fingerprint density at radius 1 is 0.900 bits per heavy atom. The van der Waals surface area contributed by atoms with Crippen LogP contribution in [-0.4, -0.2) is 31.2 Å². The van der Waals surface area contributed by atoms with Crippen LogP contribution in [0.25, 0.3) is 0 Å². The van der Waals surface area contributed by atoms with Crippen LogP contribution >= 0.6 is 0 Å². The summed E-state index contributed by atoms with van der Waals surface area (Å²) in [6.07, 6.45) is -4.61. The van der Waals surface area contributed by atoms with E-state index in [4.69, 9.17) is 0 Å². The second-order valence-corrected chi connectivity index (χ2v) is 6.22. The van der Waals surface area contributed by atoms with Gasteiger partial charge in [0.2, 0.25) is 0 Å². The van der Waals surface area contributed by atoms with Gasteiger partial charge in [0.05, 0.1) is 0 Å². The molecule has 6 heteroatoms. The summed E-state index contributed by atoms with van der Waals surface area (Å²) in [6.45, 7) is -1.22. The van der Waals surface area contributed by atoms with Gasteiger partial charge in [-0.25, -0.2) is 13.2 Å². The summed E-state index contributed by atoms with van der Waals surface area (Å²) in [5.74, 6) is -0.475. The normalized spacial score (nSPS) is 46.6. The number of halogens is 5. The molecule has 0 saturated heterocycles. The van der Waals surface area contributed by atoms with Gasteiger partial charge in [-0.1, -0.05) is 13.3 Å². The van der Waals surface area contributed by atoms with Crippen molar-refractivity contribution in [3.05, 3.63) is 0 Å². The summed E-state index contributed by atoms with van der Waals surface area (Å²) >= 11 is 0. The highest BCUT2D eigenvalue weighted by atomic mass is 19.3. The van der Waals surface area contributed by atoms with E-state index in [0.29, 0.717) is 18.8 Å². The molecule has 0 spiro atoms. The molecule has 0 N–H and O–H groups in total. The first-order valence-corrected chi connectivity index (χ1v) is 7.24. The summed E-state index contributed by atoms with van der Waals surface area (Å²) in [5, 5.41) is 0. The van der Waals surface area contributed by atoms with Crippen molar-refractivity contribution in [3.63, 3.8) is 0 Å². The van der Waals surface area contributed by atoms with E-state index in [9.17, 15) is 22.0 Å². The van der Waals surface area contributed by atoms with Crippen molar-refractivity contribution >= 4 is 0 Å². The highest BCUT2D eigenvalue weighted by Crippen LogP contribution is 2.43. The Kier molecular flexibility index (Phi) is 5.26. The van der Waals surface area contributed by atoms with Crippen LogP contribution in [0.3, 0.4) is 0 Å². The first kappa shape index (κ1) is 16.0. The summed E-state index contributed by atoms with van der Waals surface area (Å²) in [5.41, 5.74) is 0. The van der Waals surface area contributed by atoms with Gasteiger partial charge in [0.1, 0.15) is 24.6 Å². The molecule has 2 aliphatic carbocycles. The van der Waals surface area contributed by atoms with E-state index in [2.05, 4.69) is 4.74 Å². The van der Waals surface area contributed by atoms with E-state index in [1.165, 1.54) is 0 Å². The molecular formula is C14H21F5O. The molecule has 0 aliphatic heterocycles. The Hall–Kier alpha value is -0.390. The monoisotopic (exact) mass is 300 g/mol. The maximum absolute atomic E-state index is 14.0. The molecule has 2 fully saturated rings. The Morgan fingerprint density at radius 3 is 2.00 bits per heavy atom. The van der Waals surface area contributed by atoms with Crippen LogP contribution in [0.1, 0.15) is 39.0 Å². The van der Waals surface area contributed by atoms with Crippen LogP contribution in [-0.2, 0) is 4.74 Å². The summed E-state index contributed by atoms with van der Waals surface area (Å²) < 4.78 is 70.0. The van der Waals surface area contributed by atoms with Crippen molar-refractivity contribution in [1.29, 1.82) is 0 Å². The maximum atomic E-state index is 14.0. The van der Waals surface area contributed by atoms with Crippen LogP contribution in [0.2, 0.25) is 0 Å². The van der Waals surface area contributed by atoms with Crippen molar-refractivity contribution < 1.29 is 26.7 Å². The van der Waals surface area contributed by atoms with Gasteiger partial charge in [0, 0.05) is 0 Å². The number of rotatable bonds is 3. The Balaban J connectivity index is 1.96. The largest absolute Gasteiger partial charge is 0.345 e. The van der Waals surface area contributed by atoms with Gasteiger partial charge in [-0.3, -0.25) is 0 Å². The lowest BCUT2D eigenvalue weighted by Crippen LogP contribution is -2.46. The quantitative estimate of drug-likeness (QED) is 0.699. The zero-order valence-electron chi connectivity index (χ0n) is 11.5. The van der Waals surface area contributed by atoms with Crippen molar-refractivity contribution in [2.24, 2.45) is 17.8 Å². The van der Waals surface area contributed by atoms with Crippen LogP contribution in [0.4, 0.5) is 22.0 Å². The Morgan fingerprint density at radius 2 is 1.50 bits per heavy atom. The van der Waals surface area contributed by atoms with Crippen molar-refractivity contribution in [3.8, 4) is 0 Å². The smallest absolute Gasteiger partial charge is 0.313 e. The molecule has 118 valence electrons. The first-order valence-electron chi connectivity index (χ1n) is 7.24. The molecular weight excluding hydrogens is 279 g/mol. The predicted octanol–water partition coefficient (Wildman–Crippen LogP) is 4.45. The average Bonchev–Trinajstić information content (AvgIpc) is 2.33. The molecule has 0 aromatic heterocycles. The molecule has 2 rings (SSSR count). The van der Waals surface area contributed by atoms with Gasteiger partial charge in [-0.2, -0.15) is 8.78 Å². The lowest BCUT2D eigenvalue weighted by molar-refractivity contribution is -0.209.